The van der Waals surface area contributed by atoms with Crippen LogP contribution in [0.4, 0.5) is 4.39 Å². The summed E-state index contributed by atoms with van der Waals surface area (Å²) in [5, 5.41) is 10.2. The summed E-state index contributed by atoms with van der Waals surface area (Å²) in [6, 6.07) is 6.60. The Bertz CT molecular complexity index is 582. The molecule has 0 unspecified atom stereocenters. The number of nitrogens with zero attached hydrogens (tertiary/aromatic N) is 2. The van der Waals surface area contributed by atoms with Gasteiger partial charge in [0.2, 0.25) is 0 Å². The maximum atomic E-state index is 13.7. The van der Waals surface area contributed by atoms with E-state index in [1.165, 1.54) is 17.8 Å². The second-order valence-electron chi connectivity index (χ2n) is 4.36. The van der Waals surface area contributed by atoms with Gasteiger partial charge in [-0.2, -0.15) is 0 Å². The third-order valence-corrected chi connectivity index (χ3v) is 3.53. The Balaban J connectivity index is 2.40. The van der Waals surface area contributed by atoms with Crippen LogP contribution in [0.3, 0.4) is 0 Å². The van der Waals surface area contributed by atoms with Crippen molar-refractivity contribution < 1.29 is 9.50 Å². The zero-order chi connectivity index (χ0) is 14.0. The topological polar surface area (TPSA) is 46.0 Å². The van der Waals surface area contributed by atoms with Crippen LogP contribution in [-0.2, 0) is 0 Å². The van der Waals surface area contributed by atoms with Gasteiger partial charge in [0.15, 0.2) is 5.16 Å². The van der Waals surface area contributed by atoms with Crippen LogP contribution < -0.4 is 0 Å². The number of hydrogen-bond acceptors (Lipinski definition) is 4. The molecule has 5 heteroatoms. The van der Waals surface area contributed by atoms with Gasteiger partial charge in [0.25, 0.3) is 0 Å². The molecule has 0 bridgehead atoms. The first kappa shape index (κ1) is 14.0. The summed E-state index contributed by atoms with van der Waals surface area (Å²) in [5.74, 6) is -0.413. The van der Waals surface area contributed by atoms with E-state index in [1.807, 2.05) is 19.9 Å². The number of aliphatic hydroxyl groups excluding tert-OH is 1. The van der Waals surface area contributed by atoms with Crippen molar-refractivity contribution in [3.63, 3.8) is 0 Å². The van der Waals surface area contributed by atoms with Gasteiger partial charge in [-0.1, -0.05) is 6.07 Å². The van der Waals surface area contributed by atoms with Crippen LogP contribution in [0.15, 0.2) is 34.3 Å². The van der Waals surface area contributed by atoms with Crippen molar-refractivity contribution in [3.8, 4) is 0 Å². The van der Waals surface area contributed by atoms with E-state index in [0.717, 1.165) is 11.4 Å². The number of aliphatic hydroxyl groups is 1. The van der Waals surface area contributed by atoms with Crippen molar-refractivity contribution in [1.82, 2.24) is 9.97 Å². The van der Waals surface area contributed by atoms with Gasteiger partial charge in [-0.15, -0.1) is 0 Å². The SMILES string of the molecule is Cc1cc(C)nc(Sc2cccc(F)c2[C@H](C)O)n1. The number of aromatic nitrogens is 2. The molecule has 19 heavy (non-hydrogen) atoms. The monoisotopic (exact) mass is 278 g/mol. The molecule has 0 saturated heterocycles. The van der Waals surface area contributed by atoms with Crippen molar-refractivity contribution in [2.24, 2.45) is 0 Å². The average molecular weight is 278 g/mol. The molecule has 3 nitrogen and oxygen atoms in total. The third kappa shape index (κ3) is 3.30. The van der Waals surface area contributed by atoms with Crippen LogP contribution in [-0.4, -0.2) is 15.1 Å². The minimum atomic E-state index is -0.866. The Morgan fingerprint density at radius 3 is 2.42 bits per heavy atom. The Hall–Kier alpha value is -1.46. The van der Waals surface area contributed by atoms with Gasteiger partial charge in [-0.3, -0.25) is 0 Å². The van der Waals surface area contributed by atoms with E-state index in [0.29, 0.717) is 10.1 Å². The summed E-state index contributed by atoms with van der Waals surface area (Å²) in [6.07, 6.45) is -0.866. The third-order valence-electron chi connectivity index (χ3n) is 2.59. The van der Waals surface area contributed by atoms with Crippen molar-refractivity contribution in [3.05, 3.63) is 47.0 Å². The fraction of sp³-hybridized carbons (Fsp3) is 0.286. The molecule has 2 aromatic rings. The van der Waals surface area contributed by atoms with E-state index in [4.69, 9.17) is 0 Å². The van der Waals surface area contributed by atoms with E-state index in [1.54, 1.807) is 19.1 Å². The van der Waals surface area contributed by atoms with Crippen molar-refractivity contribution >= 4 is 11.8 Å². The molecule has 0 aliphatic rings. The summed E-state index contributed by atoms with van der Waals surface area (Å²) < 4.78 is 13.7. The second-order valence-corrected chi connectivity index (χ2v) is 5.37. The standard InChI is InChI=1S/C14H15FN2OS/c1-8-7-9(2)17-14(16-8)19-12-6-4-5-11(15)13(12)10(3)18/h4-7,10,18H,1-3H3/t10-/m0/s1. The first-order chi connectivity index (χ1) is 8.97. The van der Waals surface area contributed by atoms with Gasteiger partial charge in [-0.25, -0.2) is 14.4 Å². The average Bonchev–Trinajstić information content (AvgIpc) is 2.26. The number of hydrogen-bond donors (Lipinski definition) is 1. The highest BCUT2D eigenvalue weighted by Gasteiger charge is 2.15. The van der Waals surface area contributed by atoms with Crippen LogP contribution in [0.2, 0.25) is 0 Å². The lowest BCUT2D eigenvalue weighted by Gasteiger charge is -2.12. The zero-order valence-electron chi connectivity index (χ0n) is 11.0. The van der Waals surface area contributed by atoms with E-state index in [9.17, 15) is 9.50 Å². The highest BCUT2D eigenvalue weighted by atomic mass is 32.2. The molecule has 0 aliphatic carbocycles. The van der Waals surface area contributed by atoms with E-state index < -0.39 is 11.9 Å². The molecular weight excluding hydrogens is 263 g/mol. The quantitative estimate of drug-likeness (QED) is 0.874. The van der Waals surface area contributed by atoms with Gasteiger partial charge in [0, 0.05) is 21.8 Å². The van der Waals surface area contributed by atoms with Crippen LogP contribution >= 0.6 is 11.8 Å². The van der Waals surface area contributed by atoms with Gasteiger partial charge in [0.1, 0.15) is 5.82 Å². The molecule has 0 aliphatic heterocycles. The van der Waals surface area contributed by atoms with Gasteiger partial charge in [-0.05, 0) is 50.7 Å². The molecule has 100 valence electrons. The fourth-order valence-corrected chi connectivity index (χ4v) is 2.95. The molecular formula is C14H15FN2OS. The van der Waals surface area contributed by atoms with Crippen LogP contribution in [0, 0.1) is 19.7 Å². The number of halogens is 1. The predicted octanol–water partition coefficient (Wildman–Crippen LogP) is 3.44. The first-order valence-electron chi connectivity index (χ1n) is 5.94. The molecule has 1 heterocycles. The minimum Gasteiger partial charge on any atom is -0.389 e. The van der Waals surface area contributed by atoms with Crippen molar-refractivity contribution in [2.45, 2.75) is 36.9 Å². The second kappa shape index (κ2) is 5.67. The molecule has 1 atom stereocenters. The molecule has 0 fully saturated rings. The Morgan fingerprint density at radius 2 is 1.84 bits per heavy atom. The molecule has 1 aromatic heterocycles. The van der Waals surface area contributed by atoms with E-state index in [2.05, 4.69) is 9.97 Å². The Morgan fingerprint density at radius 1 is 1.21 bits per heavy atom. The van der Waals surface area contributed by atoms with Crippen LogP contribution in [0.5, 0.6) is 0 Å². The van der Waals surface area contributed by atoms with Crippen LogP contribution in [0.1, 0.15) is 30.0 Å². The lowest BCUT2D eigenvalue weighted by molar-refractivity contribution is 0.191. The highest BCUT2D eigenvalue weighted by Crippen LogP contribution is 2.33. The normalized spacial score (nSPS) is 12.5. The number of aryl methyl sites for hydroxylation is 2. The molecule has 0 spiro atoms. The maximum Gasteiger partial charge on any atom is 0.192 e. The number of benzene rings is 1. The molecule has 0 saturated carbocycles. The molecule has 0 radical (unpaired) electrons. The van der Waals surface area contributed by atoms with E-state index >= 15 is 0 Å². The summed E-state index contributed by atoms with van der Waals surface area (Å²) >= 11 is 1.26. The first-order valence-corrected chi connectivity index (χ1v) is 6.75. The predicted molar refractivity (Wildman–Crippen MR) is 72.7 cm³/mol. The fourth-order valence-electron chi connectivity index (χ4n) is 1.85. The van der Waals surface area contributed by atoms with Gasteiger partial charge in [0.05, 0.1) is 6.10 Å². The lowest BCUT2D eigenvalue weighted by Crippen LogP contribution is -1.99. The largest absolute Gasteiger partial charge is 0.389 e. The van der Waals surface area contributed by atoms with Crippen molar-refractivity contribution in [2.75, 3.05) is 0 Å². The highest BCUT2D eigenvalue weighted by molar-refractivity contribution is 7.99. The maximum absolute atomic E-state index is 13.7. The van der Waals surface area contributed by atoms with Gasteiger partial charge < -0.3 is 5.11 Å². The van der Waals surface area contributed by atoms with Gasteiger partial charge >= 0.3 is 0 Å². The Kier molecular flexibility index (Phi) is 4.17. The molecule has 0 amide bonds. The smallest absolute Gasteiger partial charge is 0.192 e. The summed E-state index contributed by atoms with van der Waals surface area (Å²) in [4.78, 5) is 9.25. The lowest BCUT2D eigenvalue weighted by atomic mass is 10.1. The molecule has 1 aromatic carbocycles. The summed E-state index contributed by atoms with van der Waals surface area (Å²) in [6.45, 7) is 5.32. The minimum absolute atomic E-state index is 0.287. The zero-order valence-corrected chi connectivity index (χ0v) is 11.8. The number of rotatable bonds is 3. The van der Waals surface area contributed by atoms with E-state index in [-0.39, 0.29) is 5.56 Å². The van der Waals surface area contributed by atoms with Crippen LogP contribution in [0.25, 0.3) is 0 Å². The molecule has 2 rings (SSSR count). The summed E-state index contributed by atoms with van der Waals surface area (Å²) in [7, 11) is 0. The van der Waals surface area contributed by atoms with Crippen molar-refractivity contribution in [1.29, 1.82) is 0 Å². The summed E-state index contributed by atoms with van der Waals surface area (Å²) in [5.41, 5.74) is 2.02. The Labute approximate surface area is 115 Å². The molecule has 1 N–H and O–H groups in total.